The third kappa shape index (κ3) is 4.73. The number of rotatable bonds is 5. The number of nitrogens with two attached hydrogens (primary N) is 1. The van der Waals surface area contributed by atoms with Crippen LogP contribution in [0.2, 0.25) is 5.02 Å². The highest BCUT2D eigenvalue weighted by Crippen LogP contribution is 2.19. The number of hydrogen-bond acceptors (Lipinski definition) is 3. The van der Waals surface area contributed by atoms with Gasteiger partial charge in [0.2, 0.25) is 5.91 Å². The molecule has 0 aliphatic heterocycles. The van der Waals surface area contributed by atoms with Gasteiger partial charge in [-0.3, -0.25) is 4.79 Å². The second kappa shape index (κ2) is 7.06. The van der Waals surface area contributed by atoms with E-state index in [9.17, 15) is 9.18 Å². The van der Waals surface area contributed by atoms with Gasteiger partial charge in [-0.05, 0) is 35.9 Å². The van der Waals surface area contributed by atoms with Gasteiger partial charge >= 0.3 is 0 Å². The summed E-state index contributed by atoms with van der Waals surface area (Å²) in [5.41, 5.74) is 7.06. The number of carbonyl (C=O) groups is 1. The highest BCUT2D eigenvalue weighted by atomic mass is 35.5. The first-order valence-corrected chi connectivity index (χ1v) is 6.59. The van der Waals surface area contributed by atoms with E-state index in [0.29, 0.717) is 10.7 Å². The minimum absolute atomic E-state index is 0.154. The van der Waals surface area contributed by atoms with Crippen molar-refractivity contribution >= 4 is 28.9 Å². The molecule has 2 rings (SSSR count). The molecule has 0 bridgehead atoms. The summed E-state index contributed by atoms with van der Waals surface area (Å²) in [7, 11) is 0. The minimum Gasteiger partial charge on any atom is -0.397 e. The first-order valence-electron chi connectivity index (χ1n) is 6.21. The van der Waals surface area contributed by atoms with Crippen LogP contribution in [0.15, 0.2) is 42.5 Å². The fourth-order valence-electron chi connectivity index (χ4n) is 1.67. The molecular formula is C15H14ClFN2O2. The second-order valence-electron chi connectivity index (χ2n) is 4.40. The first kappa shape index (κ1) is 15.3. The van der Waals surface area contributed by atoms with Gasteiger partial charge in [-0.15, -0.1) is 0 Å². The van der Waals surface area contributed by atoms with Gasteiger partial charge in [0.25, 0.3) is 0 Å². The molecule has 0 heterocycles. The summed E-state index contributed by atoms with van der Waals surface area (Å²) in [6.07, 6.45) is 0. The van der Waals surface area contributed by atoms with E-state index in [4.69, 9.17) is 22.1 Å². The lowest BCUT2D eigenvalue weighted by Gasteiger charge is -2.09. The Bertz CT molecular complexity index is 632. The largest absolute Gasteiger partial charge is 0.397 e. The molecule has 0 saturated heterocycles. The molecule has 110 valence electrons. The summed E-state index contributed by atoms with van der Waals surface area (Å²) in [6, 6.07) is 10.9. The number of hydrogen-bond donors (Lipinski definition) is 2. The average Bonchev–Trinajstić information content (AvgIpc) is 2.45. The van der Waals surface area contributed by atoms with Crippen molar-refractivity contribution in [2.75, 3.05) is 17.7 Å². The molecule has 0 aromatic heterocycles. The maximum atomic E-state index is 13.1. The summed E-state index contributed by atoms with van der Waals surface area (Å²) in [6.45, 7) is 0.127. The number of nitrogens with one attached hydrogen (secondary N) is 1. The smallest absolute Gasteiger partial charge is 0.250 e. The zero-order chi connectivity index (χ0) is 15.2. The van der Waals surface area contributed by atoms with Gasteiger partial charge in [-0.25, -0.2) is 4.39 Å². The van der Waals surface area contributed by atoms with Crippen LogP contribution in [0.4, 0.5) is 15.8 Å². The molecule has 1 amide bonds. The molecule has 0 fully saturated rings. The molecule has 0 radical (unpaired) electrons. The highest BCUT2D eigenvalue weighted by molar-refractivity contribution is 6.30. The monoisotopic (exact) mass is 308 g/mol. The molecule has 0 saturated carbocycles. The van der Waals surface area contributed by atoms with Crippen molar-refractivity contribution in [3.05, 3.63) is 58.9 Å². The summed E-state index contributed by atoms with van der Waals surface area (Å²) in [5.74, 6) is -0.872. The molecule has 0 unspecified atom stereocenters. The molecule has 6 heteroatoms. The summed E-state index contributed by atoms with van der Waals surface area (Å²) < 4.78 is 18.3. The Morgan fingerprint density at radius 3 is 2.67 bits per heavy atom. The number of benzene rings is 2. The van der Waals surface area contributed by atoms with E-state index in [1.807, 2.05) is 12.1 Å². The van der Waals surface area contributed by atoms with Crippen molar-refractivity contribution in [2.45, 2.75) is 6.61 Å². The van der Waals surface area contributed by atoms with Crippen LogP contribution in [0.25, 0.3) is 0 Å². The van der Waals surface area contributed by atoms with Crippen molar-refractivity contribution < 1.29 is 13.9 Å². The standard InChI is InChI=1S/C15H14ClFN2O2/c16-11-3-1-10(2-4-11)8-21-9-15(20)19-14-7-12(17)5-6-13(14)18/h1-7H,8-9,18H2,(H,19,20). The van der Waals surface area contributed by atoms with Gasteiger partial charge in [-0.2, -0.15) is 0 Å². The van der Waals surface area contributed by atoms with Crippen LogP contribution in [0.1, 0.15) is 5.56 Å². The van der Waals surface area contributed by atoms with Gasteiger partial charge in [-0.1, -0.05) is 23.7 Å². The van der Waals surface area contributed by atoms with E-state index in [-0.39, 0.29) is 18.9 Å². The summed E-state index contributed by atoms with van der Waals surface area (Å²) in [4.78, 5) is 11.7. The predicted octanol–water partition coefficient (Wildman–Crippen LogP) is 3.22. The zero-order valence-electron chi connectivity index (χ0n) is 11.1. The SMILES string of the molecule is Nc1ccc(F)cc1NC(=O)COCc1ccc(Cl)cc1. The van der Waals surface area contributed by atoms with E-state index in [1.54, 1.807) is 12.1 Å². The number of nitrogen functional groups attached to an aromatic ring is 1. The lowest BCUT2D eigenvalue weighted by molar-refractivity contribution is -0.121. The Hall–Kier alpha value is -2.11. The summed E-state index contributed by atoms with van der Waals surface area (Å²) >= 11 is 5.77. The number of halogens is 2. The number of anilines is 2. The number of amides is 1. The average molecular weight is 309 g/mol. The molecule has 21 heavy (non-hydrogen) atoms. The van der Waals surface area contributed by atoms with Crippen LogP contribution in [0.5, 0.6) is 0 Å². The first-order chi connectivity index (χ1) is 10.0. The van der Waals surface area contributed by atoms with Crippen molar-refractivity contribution in [3.63, 3.8) is 0 Å². The van der Waals surface area contributed by atoms with Crippen molar-refractivity contribution in [2.24, 2.45) is 0 Å². The Labute approximate surface area is 126 Å². The van der Waals surface area contributed by atoms with E-state index in [2.05, 4.69) is 5.32 Å². The Morgan fingerprint density at radius 1 is 1.24 bits per heavy atom. The normalized spacial score (nSPS) is 10.4. The molecule has 0 aliphatic rings. The van der Waals surface area contributed by atoms with Crippen LogP contribution < -0.4 is 11.1 Å². The van der Waals surface area contributed by atoms with Gasteiger partial charge in [0.15, 0.2) is 0 Å². The lowest BCUT2D eigenvalue weighted by Crippen LogP contribution is -2.19. The van der Waals surface area contributed by atoms with Crippen molar-refractivity contribution in [3.8, 4) is 0 Å². The third-order valence-electron chi connectivity index (χ3n) is 2.70. The van der Waals surface area contributed by atoms with Gasteiger partial charge in [0, 0.05) is 5.02 Å². The predicted molar refractivity (Wildman–Crippen MR) is 80.6 cm³/mol. The maximum Gasteiger partial charge on any atom is 0.250 e. The van der Waals surface area contributed by atoms with Crippen LogP contribution in [0.3, 0.4) is 0 Å². The van der Waals surface area contributed by atoms with Gasteiger partial charge < -0.3 is 15.8 Å². The highest BCUT2D eigenvalue weighted by Gasteiger charge is 2.07. The van der Waals surface area contributed by atoms with E-state index in [0.717, 1.165) is 11.6 Å². The molecule has 0 aliphatic carbocycles. The van der Waals surface area contributed by atoms with E-state index >= 15 is 0 Å². The fraction of sp³-hybridized carbons (Fsp3) is 0.133. The third-order valence-corrected chi connectivity index (χ3v) is 2.96. The van der Waals surface area contributed by atoms with Gasteiger partial charge in [0.1, 0.15) is 12.4 Å². The molecule has 3 N–H and O–H groups in total. The molecule has 0 spiro atoms. The fourth-order valence-corrected chi connectivity index (χ4v) is 1.79. The van der Waals surface area contributed by atoms with Crippen LogP contribution in [-0.2, 0) is 16.1 Å². The number of ether oxygens (including phenoxy) is 1. The molecule has 0 atom stereocenters. The molecule has 2 aromatic carbocycles. The lowest BCUT2D eigenvalue weighted by atomic mass is 10.2. The quantitative estimate of drug-likeness (QED) is 0.834. The van der Waals surface area contributed by atoms with Crippen LogP contribution in [0, 0.1) is 5.82 Å². The van der Waals surface area contributed by atoms with E-state index < -0.39 is 11.7 Å². The topological polar surface area (TPSA) is 64.3 Å². The van der Waals surface area contributed by atoms with Crippen molar-refractivity contribution in [1.82, 2.24) is 0 Å². The minimum atomic E-state index is -0.471. The maximum absolute atomic E-state index is 13.1. The second-order valence-corrected chi connectivity index (χ2v) is 4.84. The molecule has 4 nitrogen and oxygen atoms in total. The van der Waals surface area contributed by atoms with Crippen LogP contribution in [-0.4, -0.2) is 12.5 Å². The van der Waals surface area contributed by atoms with Gasteiger partial charge in [0.05, 0.1) is 18.0 Å². The molecular weight excluding hydrogens is 295 g/mol. The Morgan fingerprint density at radius 2 is 1.95 bits per heavy atom. The number of carbonyl (C=O) groups excluding carboxylic acids is 1. The Kier molecular flexibility index (Phi) is 5.14. The Balaban J connectivity index is 1.82. The van der Waals surface area contributed by atoms with Crippen LogP contribution >= 0.6 is 11.6 Å². The molecule has 2 aromatic rings. The van der Waals surface area contributed by atoms with Crippen molar-refractivity contribution in [1.29, 1.82) is 0 Å². The van der Waals surface area contributed by atoms with E-state index in [1.165, 1.54) is 12.1 Å². The summed E-state index contributed by atoms with van der Waals surface area (Å²) in [5, 5.41) is 3.13. The zero-order valence-corrected chi connectivity index (χ0v) is 11.9.